The molecule has 0 bridgehead atoms. The molecular formula is C20H21N3O5. The molecule has 1 aromatic heterocycles. The van der Waals surface area contributed by atoms with E-state index in [-0.39, 0.29) is 25.4 Å². The maximum atomic E-state index is 12.9. The van der Waals surface area contributed by atoms with Crippen LogP contribution in [0.15, 0.2) is 30.3 Å². The Bertz CT molecular complexity index is 985. The fourth-order valence-electron chi connectivity index (χ4n) is 4.43. The molecule has 2 atom stereocenters. The number of aryl methyl sites for hydroxylation is 2. The lowest BCUT2D eigenvalue weighted by molar-refractivity contribution is -0.151. The van der Waals surface area contributed by atoms with Crippen molar-refractivity contribution >= 4 is 17.8 Å². The van der Waals surface area contributed by atoms with E-state index in [1.807, 2.05) is 30.7 Å². The number of carboxylic acids is 2. The van der Waals surface area contributed by atoms with Crippen molar-refractivity contribution < 1.29 is 24.6 Å². The minimum absolute atomic E-state index is 0.0743. The molecule has 146 valence electrons. The van der Waals surface area contributed by atoms with E-state index in [1.165, 1.54) is 4.90 Å². The summed E-state index contributed by atoms with van der Waals surface area (Å²) in [6.07, 6.45) is 0.0758. The summed E-state index contributed by atoms with van der Waals surface area (Å²) in [5.41, 5.74) is 0.509. The summed E-state index contributed by atoms with van der Waals surface area (Å²) in [6, 6.07) is 9.06. The van der Waals surface area contributed by atoms with E-state index in [2.05, 4.69) is 5.10 Å². The van der Waals surface area contributed by atoms with Crippen molar-refractivity contribution in [1.29, 1.82) is 0 Å². The number of piperidine rings is 1. The number of hydrogen-bond donors (Lipinski definition) is 2. The lowest BCUT2D eigenvalue weighted by atomic mass is 9.97. The SMILES string of the molecule is Cc1cc(C)n(Cc2cccc(C(=O)N3C[C@@]4(C(=O)O)C[C@@]4(C(=O)O)C3)c2)n1. The van der Waals surface area contributed by atoms with Crippen LogP contribution in [0.1, 0.15) is 33.7 Å². The van der Waals surface area contributed by atoms with Gasteiger partial charge in [0, 0.05) is 24.3 Å². The summed E-state index contributed by atoms with van der Waals surface area (Å²) >= 11 is 0. The molecule has 8 heteroatoms. The molecule has 2 aliphatic rings. The van der Waals surface area contributed by atoms with E-state index in [4.69, 9.17) is 0 Å². The Morgan fingerprint density at radius 3 is 2.25 bits per heavy atom. The number of hydrogen-bond acceptors (Lipinski definition) is 4. The Kier molecular flexibility index (Phi) is 3.85. The van der Waals surface area contributed by atoms with Crippen molar-refractivity contribution in [3.63, 3.8) is 0 Å². The first-order chi connectivity index (χ1) is 13.2. The van der Waals surface area contributed by atoms with Gasteiger partial charge in [0.05, 0.1) is 12.2 Å². The topological polar surface area (TPSA) is 113 Å². The van der Waals surface area contributed by atoms with Crippen LogP contribution in [0.2, 0.25) is 0 Å². The number of carbonyl (C=O) groups is 3. The average Bonchev–Trinajstić information content (AvgIpc) is 3.02. The number of amides is 1. The summed E-state index contributed by atoms with van der Waals surface area (Å²) < 4.78 is 1.85. The summed E-state index contributed by atoms with van der Waals surface area (Å²) in [5, 5.41) is 23.5. The number of carbonyl (C=O) groups excluding carboxylic acids is 1. The minimum Gasteiger partial charge on any atom is -0.481 e. The zero-order valence-electron chi connectivity index (χ0n) is 15.7. The van der Waals surface area contributed by atoms with Crippen molar-refractivity contribution in [2.24, 2.45) is 10.8 Å². The largest absolute Gasteiger partial charge is 0.481 e. The number of carboxylic acid groups (broad SMARTS) is 2. The third kappa shape index (κ3) is 2.51. The van der Waals surface area contributed by atoms with Gasteiger partial charge < -0.3 is 15.1 Å². The number of fused-ring (bicyclic) bond motifs is 1. The first kappa shape index (κ1) is 18.2. The molecule has 2 heterocycles. The van der Waals surface area contributed by atoms with E-state index < -0.39 is 22.8 Å². The Morgan fingerprint density at radius 2 is 1.71 bits per heavy atom. The molecule has 28 heavy (non-hydrogen) atoms. The monoisotopic (exact) mass is 383 g/mol. The number of likely N-dealkylation sites (tertiary alicyclic amines) is 1. The number of benzene rings is 1. The van der Waals surface area contributed by atoms with Crippen LogP contribution >= 0.6 is 0 Å². The molecule has 1 saturated heterocycles. The lowest BCUT2D eigenvalue weighted by Crippen LogP contribution is -2.34. The molecule has 2 aromatic rings. The van der Waals surface area contributed by atoms with Crippen LogP contribution in [0.4, 0.5) is 0 Å². The molecule has 1 saturated carbocycles. The zero-order chi connectivity index (χ0) is 20.3. The molecule has 2 N–H and O–H groups in total. The van der Waals surface area contributed by atoms with Crippen LogP contribution in [-0.4, -0.2) is 55.8 Å². The van der Waals surface area contributed by atoms with Crippen molar-refractivity contribution in [2.75, 3.05) is 13.1 Å². The predicted molar refractivity (Wildman–Crippen MR) is 97.9 cm³/mol. The van der Waals surface area contributed by atoms with E-state index in [9.17, 15) is 24.6 Å². The Morgan fingerprint density at radius 1 is 1.07 bits per heavy atom. The van der Waals surface area contributed by atoms with Gasteiger partial charge in [0.25, 0.3) is 5.91 Å². The van der Waals surface area contributed by atoms with Gasteiger partial charge in [0.1, 0.15) is 10.8 Å². The molecular weight excluding hydrogens is 362 g/mol. The van der Waals surface area contributed by atoms with E-state index in [0.29, 0.717) is 12.1 Å². The second-order valence-corrected chi connectivity index (χ2v) is 7.90. The minimum atomic E-state index is -1.37. The van der Waals surface area contributed by atoms with E-state index in [0.717, 1.165) is 17.0 Å². The summed E-state index contributed by atoms with van der Waals surface area (Å²) in [6.45, 7) is 4.24. The third-order valence-electron chi connectivity index (χ3n) is 6.03. The average molecular weight is 383 g/mol. The molecule has 8 nitrogen and oxygen atoms in total. The van der Waals surface area contributed by atoms with Gasteiger partial charge in [-0.2, -0.15) is 5.10 Å². The maximum Gasteiger partial charge on any atom is 0.312 e. The maximum absolute atomic E-state index is 12.9. The highest BCUT2D eigenvalue weighted by molar-refractivity contribution is 6.00. The van der Waals surface area contributed by atoms with Crippen molar-refractivity contribution in [3.05, 3.63) is 52.8 Å². The van der Waals surface area contributed by atoms with Crippen LogP contribution in [0.5, 0.6) is 0 Å². The standard InChI is InChI=1S/C20H21N3O5/c1-12-6-13(2)23(21-12)8-14-4-3-5-15(7-14)16(24)22-10-19(17(25)26)9-20(19,11-22)18(27)28/h3-7H,8-11H2,1-2H3,(H,25,26)(H,27,28)/t19-,20+. The predicted octanol–water partition coefficient (Wildman–Crippen LogP) is 1.55. The Hall–Kier alpha value is -3.16. The summed E-state index contributed by atoms with van der Waals surface area (Å²) in [4.78, 5) is 37.6. The van der Waals surface area contributed by atoms with Gasteiger partial charge >= 0.3 is 11.9 Å². The second-order valence-electron chi connectivity index (χ2n) is 7.90. The smallest absolute Gasteiger partial charge is 0.312 e. The van der Waals surface area contributed by atoms with Gasteiger partial charge in [-0.1, -0.05) is 12.1 Å². The van der Waals surface area contributed by atoms with Crippen LogP contribution < -0.4 is 0 Å². The van der Waals surface area contributed by atoms with Gasteiger partial charge in [0.2, 0.25) is 0 Å². The lowest BCUT2D eigenvalue weighted by Gasteiger charge is -2.20. The first-order valence-electron chi connectivity index (χ1n) is 9.05. The number of aliphatic carboxylic acids is 2. The number of nitrogens with zero attached hydrogens (tertiary/aromatic N) is 3. The van der Waals surface area contributed by atoms with Gasteiger partial charge in [-0.15, -0.1) is 0 Å². The summed E-state index contributed by atoms with van der Waals surface area (Å²) in [7, 11) is 0. The molecule has 2 fully saturated rings. The van der Waals surface area contributed by atoms with Gasteiger partial charge in [-0.3, -0.25) is 19.1 Å². The molecule has 1 amide bonds. The molecule has 0 spiro atoms. The van der Waals surface area contributed by atoms with Crippen molar-refractivity contribution in [3.8, 4) is 0 Å². The van der Waals surface area contributed by atoms with Crippen molar-refractivity contribution in [1.82, 2.24) is 14.7 Å². The highest BCUT2D eigenvalue weighted by atomic mass is 16.4. The van der Waals surface area contributed by atoms with E-state index in [1.54, 1.807) is 18.2 Å². The first-order valence-corrected chi connectivity index (χ1v) is 9.05. The highest BCUT2D eigenvalue weighted by Crippen LogP contribution is 2.68. The normalized spacial score (nSPS) is 25.4. The molecule has 1 aromatic carbocycles. The molecule has 4 rings (SSSR count). The fourth-order valence-corrected chi connectivity index (χ4v) is 4.43. The molecule has 0 unspecified atom stereocenters. The third-order valence-corrected chi connectivity index (χ3v) is 6.03. The fraction of sp³-hybridized carbons (Fsp3) is 0.400. The molecule has 0 radical (unpaired) electrons. The molecule has 1 aliphatic heterocycles. The molecule has 1 aliphatic carbocycles. The van der Waals surface area contributed by atoms with Crippen LogP contribution in [0.25, 0.3) is 0 Å². The zero-order valence-corrected chi connectivity index (χ0v) is 15.7. The number of rotatable bonds is 5. The van der Waals surface area contributed by atoms with Gasteiger partial charge in [-0.05, 0) is 44.0 Å². The van der Waals surface area contributed by atoms with Gasteiger partial charge in [0.15, 0.2) is 0 Å². The quantitative estimate of drug-likeness (QED) is 0.810. The van der Waals surface area contributed by atoms with Crippen LogP contribution in [-0.2, 0) is 16.1 Å². The Balaban J connectivity index is 1.56. The highest BCUT2D eigenvalue weighted by Gasteiger charge is 2.81. The van der Waals surface area contributed by atoms with Gasteiger partial charge in [-0.25, -0.2) is 0 Å². The second kappa shape index (κ2) is 5.92. The number of aromatic nitrogens is 2. The van der Waals surface area contributed by atoms with Crippen LogP contribution in [0, 0.1) is 24.7 Å². The van der Waals surface area contributed by atoms with Crippen molar-refractivity contribution in [2.45, 2.75) is 26.8 Å². The van der Waals surface area contributed by atoms with Crippen LogP contribution in [0.3, 0.4) is 0 Å². The van der Waals surface area contributed by atoms with E-state index >= 15 is 0 Å². The Labute approximate surface area is 161 Å². The summed E-state index contributed by atoms with van der Waals surface area (Å²) in [5.74, 6) is -2.64.